The van der Waals surface area contributed by atoms with Gasteiger partial charge in [-0.2, -0.15) is 0 Å². The van der Waals surface area contributed by atoms with Crippen LogP contribution in [-0.2, 0) is 5.48 Å². The van der Waals surface area contributed by atoms with E-state index in [1.54, 1.807) is 6.20 Å². The average Bonchev–Trinajstić information content (AvgIpc) is 2.05. The zero-order valence-electron chi connectivity index (χ0n) is 5.82. The standard InChI is InChI=1S/C7H7N3.O/c1-2-6-4-8-5-10-7(6)9-3-1;/h1-4H,5H2,(H,9,10);. The Morgan fingerprint density at radius 2 is 2.36 bits per heavy atom. The van der Waals surface area contributed by atoms with Crippen LogP contribution in [0.1, 0.15) is 5.56 Å². The number of aromatic nitrogens is 1. The smallest absolute Gasteiger partial charge is 0.136 e. The molecular weight excluding hydrogens is 142 g/mol. The summed E-state index contributed by atoms with van der Waals surface area (Å²) >= 11 is 0. The monoisotopic (exact) mass is 149 g/mol. The van der Waals surface area contributed by atoms with Crippen molar-refractivity contribution in [2.45, 2.75) is 0 Å². The molecule has 0 aliphatic carbocycles. The summed E-state index contributed by atoms with van der Waals surface area (Å²) in [5.41, 5.74) is 1.06. The maximum absolute atomic E-state index is 4.12. The Bertz CT molecular complexity index is 272. The van der Waals surface area contributed by atoms with E-state index in [9.17, 15) is 0 Å². The molecule has 1 N–H and O–H groups in total. The van der Waals surface area contributed by atoms with E-state index in [-0.39, 0.29) is 5.48 Å². The van der Waals surface area contributed by atoms with Crippen LogP contribution >= 0.6 is 0 Å². The fourth-order valence-corrected chi connectivity index (χ4v) is 0.934. The summed E-state index contributed by atoms with van der Waals surface area (Å²) in [6.07, 6.45) is 3.60. The lowest BCUT2D eigenvalue weighted by Gasteiger charge is -2.09. The van der Waals surface area contributed by atoms with Crippen LogP contribution in [0.4, 0.5) is 5.82 Å². The molecule has 0 saturated heterocycles. The third-order valence-electron chi connectivity index (χ3n) is 1.41. The van der Waals surface area contributed by atoms with Crippen LogP contribution in [0.15, 0.2) is 23.3 Å². The molecule has 0 amide bonds. The predicted molar refractivity (Wildman–Crippen MR) is 41.0 cm³/mol. The van der Waals surface area contributed by atoms with Crippen LogP contribution in [0.25, 0.3) is 0 Å². The molecule has 4 heteroatoms. The Morgan fingerprint density at radius 1 is 1.45 bits per heavy atom. The minimum Gasteiger partial charge on any atom is -0.350 e. The highest BCUT2D eigenvalue weighted by atomic mass is 16.0. The van der Waals surface area contributed by atoms with Gasteiger partial charge in [-0.05, 0) is 12.1 Å². The number of hydrogen-bond acceptors (Lipinski definition) is 3. The van der Waals surface area contributed by atoms with Gasteiger partial charge in [0.25, 0.3) is 0 Å². The minimum atomic E-state index is 0. The van der Waals surface area contributed by atoms with E-state index in [4.69, 9.17) is 0 Å². The molecule has 0 aromatic carbocycles. The third-order valence-corrected chi connectivity index (χ3v) is 1.41. The number of aliphatic imine (C=N–C) groups is 1. The van der Waals surface area contributed by atoms with Crippen LogP contribution in [0.5, 0.6) is 0 Å². The first-order chi connectivity index (χ1) is 4.97. The van der Waals surface area contributed by atoms with Gasteiger partial charge in [-0.15, -0.1) is 0 Å². The van der Waals surface area contributed by atoms with Crippen LogP contribution in [0.3, 0.4) is 0 Å². The third kappa shape index (κ3) is 1.35. The molecule has 11 heavy (non-hydrogen) atoms. The number of rotatable bonds is 0. The number of fused-ring (bicyclic) bond motifs is 1. The maximum atomic E-state index is 4.12. The molecule has 2 heterocycles. The van der Waals surface area contributed by atoms with E-state index in [1.807, 2.05) is 18.3 Å². The molecule has 1 aromatic heterocycles. The molecule has 0 bridgehead atoms. The number of anilines is 1. The second-order valence-corrected chi connectivity index (χ2v) is 2.09. The van der Waals surface area contributed by atoms with Crippen molar-refractivity contribution in [3.05, 3.63) is 23.9 Å². The Hall–Kier alpha value is -1.42. The quantitative estimate of drug-likeness (QED) is 0.591. The van der Waals surface area contributed by atoms with Crippen molar-refractivity contribution in [2.75, 3.05) is 12.0 Å². The van der Waals surface area contributed by atoms with Gasteiger partial charge in [-0.3, -0.25) is 4.99 Å². The molecule has 2 radical (unpaired) electrons. The second-order valence-electron chi connectivity index (χ2n) is 2.09. The maximum Gasteiger partial charge on any atom is 0.136 e. The van der Waals surface area contributed by atoms with Crippen molar-refractivity contribution in [3.63, 3.8) is 0 Å². The fraction of sp³-hybridized carbons (Fsp3) is 0.143. The SMILES string of the molecule is C1=NCNc2ncccc21.[O]. The van der Waals surface area contributed by atoms with Crippen molar-refractivity contribution in [1.29, 1.82) is 0 Å². The van der Waals surface area contributed by atoms with Gasteiger partial charge >= 0.3 is 0 Å². The number of hydrogen-bond donors (Lipinski definition) is 1. The normalized spacial score (nSPS) is 12.7. The van der Waals surface area contributed by atoms with Gasteiger partial charge in [0.2, 0.25) is 0 Å². The summed E-state index contributed by atoms with van der Waals surface area (Å²) in [5.74, 6) is 0.928. The zero-order chi connectivity index (χ0) is 6.81. The van der Waals surface area contributed by atoms with Gasteiger partial charge < -0.3 is 5.32 Å². The number of pyridine rings is 1. The average molecular weight is 149 g/mol. The molecular formula is C7H7N3O. The number of nitrogens with one attached hydrogen (secondary N) is 1. The lowest BCUT2D eigenvalue weighted by atomic mass is 10.2. The second kappa shape index (κ2) is 3.12. The van der Waals surface area contributed by atoms with E-state index >= 15 is 0 Å². The van der Waals surface area contributed by atoms with Crippen molar-refractivity contribution >= 4 is 12.0 Å². The first-order valence-corrected chi connectivity index (χ1v) is 3.15. The Labute approximate surface area is 64.3 Å². The molecule has 4 nitrogen and oxygen atoms in total. The van der Waals surface area contributed by atoms with Crippen LogP contribution < -0.4 is 5.32 Å². The molecule has 0 saturated carbocycles. The van der Waals surface area contributed by atoms with E-state index in [1.165, 1.54) is 0 Å². The molecule has 1 aliphatic rings. The van der Waals surface area contributed by atoms with Crippen LogP contribution in [0.2, 0.25) is 0 Å². The van der Waals surface area contributed by atoms with Crippen molar-refractivity contribution in [1.82, 2.24) is 4.98 Å². The van der Waals surface area contributed by atoms with Gasteiger partial charge in [0.1, 0.15) is 12.5 Å². The highest BCUT2D eigenvalue weighted by Crippen LogP contribution is 2.10. The topological polar surface area (TPSA) is 65.8 Å². The predicted octanol–water partition coefficient (Wildman–Crippen LogP) is 0.765. The largest absolute Gasteiger partial charge is 0.350 e. The van der Waals surface area contributed by atoms with E-state index < -0.39 is 0 Å². The molecule has 0 unspecified atom stereocenters. The highest BCUT2D eigenvalue weighted by molar-refractivity contribution is 5.87. The summed E-state index contributed by atoms with van der Waals surface area (Å²) in [7, 11) is 0. The molecule has 1 aliphatic heterocycles. The van der Waals surface area contributed by atoms with Gasteiger partial charge in [-0.1, -0.05) is 0 Å². The molecule has 2 rings (SSSR count). The van der Waals surface area contributed by atoms with Gasteiger partial charge in [0, 0.05) is 23.5 Å². The lowest BCUT2D eigenvalue weighted by Crippen LogP contribution is -2.08. The van der Waals surface area contributed by atoms with Gasteiger partial charge in [0.05, 0.1) is 0 Å². The van der Waals surface area contributed by atoms with E-state index in [0.29, 0.717) is 6.67 Å². The fourth-order valence-electron chi connectivity index (χ4n) is 0.934. The highest BCUT2D eigenvalue weighted by Gasteiger charge is 2.01. The Balaban J connectivity index is 0.000000605. The summed E-state index contributed by atoms with van der Waals surface area (Å²) in [6.45, 7) is 0.643. The molecule has 0 fully saturated rings. The molecule has 0 atom stereocenters. The van der Waals surface area contributed by atoms with Gasteiger partial charge in [0.15, 0.2) is 0 Å². The summed E-state index contributed by atoms with van der Waals surface area (Å²) in [6, 6.07) is 3.88. The lowest BCUT2D eigenvalue weighted by molar-refractivity contribution is 0.686. The van der Waals surface area contributed by atoms with Crippen molar-refractivity contribution < 1.29 is 5.48 Å². The van der Waals surface area contributed by atoms with Crippen LogP contribution in [0, 0.1) is 0 Å². The molecule has 1 aromatic rings. The minimum absolute atomic E-state index is 0. The number of nitrogens with zero attached hydrogens (tertiary/aromatic N) is 2. The molecule has 0 spiro atoms. The first kappa shape index (κ1) is 7.68. The molecule has 56 valence electrons. The van der Waals surface area contributed by atoms with E-state index in [0.717, 1.165) is 11.4 Å². The summed E-state index contributed by atoms with van der Waals surface area (Å²) in [5, 5.41) is 3.05. The van der Waals surface area contributed by atoms with Crippen LogP contribution in [-0.4, -0.2) is 17.9 Å². The Morgan fingerprint density at radius 3 is 3.18 bits per heavy atom. The van der Waals surface area contributed by atoms with Crippen molar-refractivity contribution in [2.24, 2.45) is 4.99 Å². The van der Waals surface area contributed by atoms with Gasteiger partial charge in [-0.25, -0.2) is 4.98 Å². The van der Waals surface area contributed by atoms with E-state index in [2.05, 4.69) is 15.3 Å². The Kier molecular flexibility index (Phi) is 2.18. The summed E-state index contributed by atoms with van der Waals surface area (Å²) < 4.78 is 0. The van der Waals surface area contributed by atoms with Crippen molar-refractivity contribution in [3.8, 4) is 0 Å². The zero-order valence-corrected chi connectivity index (χ0v) is 5.82. The summed E-state index contributed by atoms with van der Waals surface area (Å²) in [4.78, 5) is 8.16. The first-order valence-electron chi connectivity index (χ1n) is 3.15.